The molecule has 2 fully saturated rings. The number of nitrogens with zero attached hydrogens (tertiary/aromatic N) is 2. The summed E-state index contributed by atoms with van der Waals surface area (Å²) in [7, 11) is 1.44. The average molecular weight is 311 g/mol. The third-order valence-electron chi connectivity index (χ3n) is 5.39. The van der Waals surface area contributed by atoms with E-state index in [1.54, 1.807) is 4.90 Å². The number of imide groups is 1. The second-order valence-corrected chi connectivity index (χ2v) is 10.5. The van der Waals surface area contributed by atoms with Crippen LogP contribution in [0.3, 0.4) is 0 Å². The molecular weight excluding hydrogens is 280 g/mol. The van der Waals surface area contributed by atoms with Crippen LogP contribution < -0.4 is 0 Å². The van der Waals surface area contributed by atoms with Crippen molar-refractivity contribution in [1.29, 1.82) is 0 Å². The topological polar surface area (TPSA) is 40.6 Å². The van der Waals surface area contributed by atoms with Gasteiger partial charge in [0.05, 0.1) is 11.8 Å². The highest BCUT2D eigenvalue weighted by molar-refractivity contribution is 6.55. The zero-order valence-corrected chi connectivity index (χ0v) is 15.0. The molecule has 1 aliphatic heterocycles. The smallest absolute Gasteiger partial charge is 0.233 e. The Morgan fingerprint density at radius 1 is 1.10 bits per heavy atom. The monoisotopic (exact) mass is 310 g/mol. The van der Waals surface area contributed by atoms with Crippen LogP contribution in [0.2, 0.25) is 12.1 Å². The number of fused-ring (bicyclic) bond motifs is 1. The molecule has 1 aliphatic carbocycles. The molecule has 2 amide bonds. The van der Waals surface area contributed by atoms with Gasteiger partial charge in [-0.05, 0) is 44.9 Å². The zero-order chi connectivity index (χ0) is 15.4. The summed E-state index contributed by atoms with van der Waals surface area (Å²) >= 11 is 0. The number of hydrogen-bond donors (Lipinski definition) is 0. The van der Waals surface area contributed by atoms with Gasteiger partial charge < -0.3 is 4.57 Å². The third-order valence-corrected chi connectivity index (χ3v) is 8.78. The Kier molecular flexibility index (Phi) is 5.99. The van der Waals surface area contributed by atoms with E-state index in [0.29, 0.717) is 6.54 Å². The van der Waals surface area contributed by atoms with Gasteiger partial charge in [0.2, 0.25) is 11.8 Å². The van der Waals surface area contributed by atoms with Crippen molar-refractivity contribution in [3.8, 4) is 0 Å². The summed E-state index contributed by atoms with van der Waals surface area (Å²) in [6.07, 6.45) is 4.99. The van der Waals surface area contributed by atoms with Gasteiger partial charge in [-0.25, -0.2) is 0 Å². The van der Waals surface area contributed by atoms with Crippen molar-refractivity contribution in [1.82, 2.24) is 9.47 Å². The Bertz CT molecular complexity index is 360. The molecule has 2 unspecified atom stereocenters. The van der Waals surface area contributed by atoms with E-state index in [9.17, 15) is 9.59 Å². The number of hydrogen-bond acceptors (Lipinski definition) is 3. The average Bonchev–Trinajstić information content (AvgIpc) is 2.74. The highest BCUT2D eigenvalue weighted by Gasteiger charge is 2.47. The highest BCUT2D eigenvalue weighted by Crippen LogP contribution is 2.37. The molecule has 2 rings (SSSR count). The maximum absolute atomic E-state index is 12.4. The van der Waals surface area contributed by atoms with Crippen molar-refractivity contribution in [2.75, 3.05) is 20.1 Å². The lowest BCUT2D eigenvalue weighted by molar-refractivity contribution is -0.139. The molecule has 120 valence electrons. The van der Waals surface area contributed by atoms with Crippen molar-refractivity contribution in [2.24, 2.45) is 11.8 Å². The van der Waals surface area contributed by atoms with Crippen LogP contribution in [0, 0.1) is 11.8 Å². The molecule has 1 saturated carbocycles. The Morgan fingerprint density at radius 3 is 2.10 bits per heavy atom. The summed E-state index contributed by atoms with van der Waals surface area (Å²) in [6.45, 7) is 6.19. The summed E-state index contributed by atoms with van der Waals surface area (Å²) < 4.78 is 2.50. The SMILES string of the molecule is CC[SiH](CC)N(C)CCCN1C(=O)C2CCCCC2C1=O. The summed E-state index contributed by atoms with van der Waals surface area (Å²) in [4.78, 5) is 26.3. The Labute approximate surface area is 130 Å². The number of carbonyl (C=O) groups excluding carboxylic acids is 2. The Morgan fingerprint density at radius 2 is 1.62 bits per heavy atom. The molecule has 4 nitrogen and oxygen atoms in total. The molecule has 1 heterocycles. The normalized spacial score (nSPS) is 26.0. The summed E-state index contributed by atoms with van der Waals surface area (Å²) in [5.41, 5.74) is 0. The predicted molar refractivity (Wildman–Crippen MR) is 87.5 cm³/mol. The molecule has 0 bridgehead atoms. The van der Waals surface area contributed by atoms with Crippen LogP contribution in [-0.4, -0.2) is 50.4 Å². The molecule has 0 spiro atoms. The van der Waals surface area contributed by atoms with E-state index in [-0.39, 0.29) is 23.7 Å². The number of amides is 2. The van der Waals surface area contributed by atoms with Gasteiger partial charge in [0.1, 0.15) is 8.96 Å². The summed E-state index contributed by atoms with van der Waals surface area (Å²) in [6, 6.07) is 2.58. The van der Waals surface area contributed by atoms with E-state index in [4.69, 9.17) is 0 Å². The standard InChI is InChI=1S/C16H30N2O2Si/c1-4-21(5-2)17(3)11-8-12-18-15(19)13-9-6-7-10-14(13)16(18)20/h13-14,21H,4-12H2,1-3H3. The van der Waals surface area contributed by atoms with Crippen LogP contribution in [0.1, 0.15) is 46.0 Å². The summed E-state index contributed by atoms with van der Waals surface area (Å²) in [5, 5.41) is 0. The van der Waals surface area contributed by atoms with Gasteiger partial charge in [-0.2, -0.15) is 0 Å². The first-order valence-electron chi connectivity index (χ1n) is 8.65. The van der Waals surface area contributed by atoms with E-state index < -0.39 is 8.96 Å². The molecule has 0 aromatic rings. The van der Waals surface area contributed by atoms with Crippen molar-refractivity contribution in [2.45, 2.75) is 58.0 Å². The number of likely N-dealkylation sites (tertiary alicyclic amines) is 1. The molecule has 0 aromatic heterocycles. The minimum absolute atomic E-state index is 0.0115. The molecule has 2 atom stereocenters. The lowest BCUT2D eigenvalue weighted by Crippen LogP contribution is -2.38. The lowest BCUT2D eigenvalue weighted by atomic mass is 9.81. The maximum atomic E-state index is 12.4. The van der Waals surface area contributed by atoms with Crippen LogP contribution in [-0.2, 0) is 9.59 Å². The fraction of sp³-hybridized carbons (Fsp3) is 0.875. The minimum Gasteiger partial charge on any atom is -0.329 e. The van der Waals surface area contributed by atoms with Crippen molar-refractivity contribution >= 4 is 20.8 Å². The zero-order valence-electron chi connectivity index (χ0n) is 13.8. The van der Waals surface area contributed by atoms with Gasteiger partial charge in [0.15, 0.2) is 0 Å². The first-order valence-corrected chi connectivity index (χ1v) is 10.8. The van der Waals surface area contributed by atoms with Crippen molar-refractivity contribution < 1.29 is 9.59 Å². The van der Waals surface area contributed by atoms with Crippen molar-refractivity contribution in [3.05, 3.63) is 0 Å². The fourth-order valence-corrected chi connectivity index (χ4v) is 6.40. The highest BCUT2D eigenvalue weighted by atomic mass is 28.3. The number of carbonyl (C=O) groups is 2. The molecule has 2 aliphatic rings. The lowest BCUT2D eigenvalue weighted by Gasteiger charge is -2.25. The van der Waals surface area contributed by atoms with E-state index in [1.165, 1.54) is 12.1 Å². The molecule has 5 heteroatoms. The van der Waals surface area contributed by atoms with Gasteiger partial charge in [0.25, 0.3) is 0 Å². The molecule has 1 saturated heterocycles. The van der Waals surface area contributed by atoms with Gasteiger partial charge in [-0.15, -0.1) is 0 Å². The van der Waals surface area contributed by atoms with Gasteiger partial charge >= 0.3 is 0 Å². The van der Waals surface area contributed by atoms with E-state index >= 15 is 0 Å². The first-order chi connectivity index (χ1) is 10.1. The predicted octanol–water partition coefficient (Wildman–Crippen LogP) is 2.25. The van der Waals surface area contributed by atoms with Gasteiger partial charge in [0, 0.05) is 6.54 Å². The first kappa shape index (κ1) is 16.7. The largest absolute Gasteiger partial charge is 0.329 e. The van der Waals surface area contributed by atoms with Crippen LogP contribution >= 0.6 is 0 Å². The second-order valence-electron chi connectivity index (χ2n) is 6.63. The van der Waals surface area contributed by atoms with Crippen LogP contribution in [0.4, 0.5) is 0 Å². The Balaban J connectivity index is 1.83. The van der Waals surface area contributed by atoms with Gasteiger partial charge in [-0.1, -0.05) is 26.7 Å². The molecule has 21 heavy (non-hydrogen) atoms. The molecular formula is C16H30N2O2Si. The number of rotatable bonds is 7. The van der Waals surface area contributed by atoms with Crippen LogP contribution in [0.5, 0.6) is 0 Å². The quantitative estimate of drug-likeness (QED) is 0.535. The van der Waals surface area contributed by atoms with Crippen LogP contribution in [0.25, 0.3) is 0 Å². The van der Waals surface area contributed by atoms with E-state index in [0.717, 1.165) is 38.6 Å². The van der Waals surface area contributed by atoms with Crippen molar-refractivity contribution in [3.63, 3.8) is 0 Å². The fourth-order valence-electron chi connectivity index (χ4n) is 4.02. The van der Waals surface area contributed by atoms with E-state index in [1.807, 2.05) is 0 Å². The summed E-state index contributed by atoms with van der Waals surface area (Å²) in [5.74, 6) is 0.258. The second kappa shape index (κ2) is 7.54. The van der Waals surface area contributed by atoms with E-state index in [2.05, 4.69) is 25.5 Å². The molecule has 0 aromatic carbocycles. The Hall–Kier alpha value is -0.683. The minimum atomic E-state index is -0.765. The van der Waals surface area contributed by atoms with Crippen LogP contribution in [0.15, 0.2) is 0 Å². The maximum Gasteiger partial charge on any atom is 0.233 e. The molecule has 0 radical (unpaired) electrons. The molecule has 0 N–H and O–H groups in total. The van der Waals surface area contributed by atoms with Gasteiger partial charge in [-0.3, -0.25) is 14.5 Å². The third kappa shape index (κ3) is 3.56.